The van der Waals surface area contributed by atoms with Gasteiger partial charge in [0.15, 0.2) is 11.5 Å². The van der Waals surface area contributed by atoms with Gasteiger partial charge in [0.25, 0.3) is 0 Å². The molecule has 0 saturated heterocycles. The van der Waals surface area contributed by atoms with Crippen molar-refractivity contribution in [2.45, 2.75) is 19.9 Å². The Morgan fingerprint density at radius 1 is 1.25 bits per heavy atom. The van der Waals surface area contributed by atoms with Gasteiger partial charge in [0.05, 0.1) is 14.2 Å². The average Bonchev–Trinajstić information content (AvgIpc) is 2.44. The molecule has 1 aromatic carbocycles. The fraction of sp³-hybridized carbons (Fsp3) is 0.500. The standard InChI is InChI=1S/C14H20BrNO4/c1-5-16(6-2)13(14(17)18)9-7-11(19-3)12(20-4)8-10(9)15/h7-8,13H,5-6H2,1-4H3,(H,17,18). The second-order valence-corrected chi connectivity index (χ2v) is 5.05. The molecular formula is C14H20BrNO4. The summed E-state index contributed by atoms with van der Waals surface area (Å²) in [5, 5.41) is 9.54. The van der Waals surface area contributed by atoms with Crippen LogP contribution in [0.15, 0.2) is 16.6 Å². The lowest BCUT2D eigenvalue weighted by Gasteiger charge is -2.27. The molecule has 0 bridgehead atoms. The monoisotopic (exact) mass is 345 g/mol. The number of likely N-dealkylation sites (N-methyl/N-ethyl adjacent to an activating group) is 1. The molecule has 0 saturated carbocycles. The van der Waals surface area contributed by atoms with Gasteiger partial charge in [-0.25, -0.2) is 0 Å². The zero-order valence-electron chi connectivity index (χ0n) is 12.1. The lowest BCUT2D eigenvalue weighted by molar-refractivity contribution is -0.143. The highest BCUT2D eigenvalue weighted by molar-refractivity contribution is 9.10. The second kappa shape index (κ2) is 7.50. The molecule has 112 valence electrons. The van der Waals surface area contributed by atoms with E-state index in [2.05, 4.69) is 15.9 Å². The first-order valence-electron chi connectivity index (χ1n) is 6.38. The van der Waals surface area contributed by atoms with Crippen molar-refractivity contribution in [3.63, 3.8) is 0 Å². The number of hydrogen-bond donors (Lipinski definition) is 1. The van der Waals surface area contributed by atoms with Gasteiger partial charge in [0, 0.05) is 4.47 Å². The van der Waals surface area contributed by atoms with Gasteiger partial charge in [-0.1, -0.05) is 29.8 Å². The van der Waals surface area contributed by atoms with Crippen molar-refractivity contribution in [2.24, 2.45) is 0 Å². The molecule has 0 aliphatic rings. The first-order valence-corrected chi connectivity index (χ1v) is 7.17. The van der Waals surface area contributed by atoms with E-state index in [-0.39, 0.29) is 0 Å². The van der Waals surface area contributed by atoms with Crippen LogP contribution in [0.2, 0.25) is 0 Å². The van der Waals surface area contributed by atoms with Crippen LogP contribution in [0.4, 0.5) is 0 Å². The number of aliphatic carboxylic acids is 1. The SMILES string of the molecule is CCN(CC)C(C(=O)O)c1cc(OC)c(OC)cc1Br. The molecule has 6 heteroatoms. The van der Waals surface area contributed by atoms with E-state index in [0.717, 1.165) is 0 Å². The molecule has 1 aromatic rings. The van der Waals surface area contributed by atoms with E-state index in [0.29, 0.717) is 34.6 Å². The number of carbonyl (C=O) groups is 1. The van der Waals surface area contributed by atoms with Crippen molar-refractivity contribution in [2.75, 3.05) is 27.3 Å². The highest BCUT2D eigenvalue weighted by Gasteiger charge is 2.28. The first-order chi connectivity index (χ1) is 9.49. The molecular weight excluding hydrogens is 326 g/mol. The van der Waals surface area contributed by atoms with Gasteiger partial charge >= 0.3 is 5.97 Å². The van der Waals surface area contributed by atoms with E-state index in [1.165, 1.54) is 7.11 Å². The molecule has 20 heavy (non-hydrogen) atoms. The summed E-state index contributed by atoms with van der Waals surface area (Å²) in [6.45, 7) is 5.17. The maximum atomic E-state index is 11.6. The summed E-state index contributed by atoms with van der Waals surface area (Å²) in [6.07, 6.45) is 0. The van der Waals surface area contributed by atoms with Crippen LogP contribution in [0, 0.1) is 0 Å². The van der Waals surface area contributed by atoms with Crippen molar-refractivity contribution in [1.29, 1.82) is 0 Å². The summed E-state index contributed by atoms with van der Waals surface area (Å²) >= 11 is 3.42. The van der Waals surface area contributed by atoms with Crippen LogP contribution in [0.1, 0.15) is 25.5 Å². The highest BCUT2D eigenvalue weighted by atomic mass is 79.9. The summed E-state index contributed by atoms with van der Waals surface area (Å²) in [5.41, 5.74) is 0.652. The molecule has 0 aliphatic carbocycles. The largest absolute Gasteiger partial charge is 0.493 e. The third kappa shape index (κ3) is 3.43. The van der Waals surface area contributed by atoms with Gasteiger partial charge in [0.1, 0.15) is 6.04 Å². The molecule has 0 spiro atoms. The lowest BCUT2D eigenvalue weighted by Crippen LogP contribution is -2.34. The van der Waals surface area contributed by atoms with E-state index >= 15 is 0 Å². The van der Waals surface area contributed by atoms with Crippen molar-refractivity contribution < 1.29 is 19.4 Å². The smallest absolute Gasteiger partial charge is 0.325 e. The van der Waals surface area contributed by atoms with Crippen LogP contribution >= 0.6 is 15.9 Å². The molecule has 0 amide bonds. The lowest BCUT2D eigenvalue weighted by atomic mass is 10.0. The molecule has 0 radical (unpaired) electrons. The Labute approximate surface area is 127 Å². The predicted molar refractivity (Wildman–Crippen MR) is 80.5 cm³/mol. The van der Waals surface area contributed by atoms with Crippen LogP contribution in [0.5, 0.6) is 11.5 Å². The number of rotatable bonds is 7. The Morgan fingerprint density at radius 3 is 2.15 bits per heavy atom. The van der Waals surface area contributed by atoms with Crippen LogP contribution in [-0.2, 0) is 4.79 Å². The van der Waals surface area contributed by atoms with E-state index in [4.69, 9.17) is 9.47 Å². The third-order valence-corrected chi connectivity index (χ3v) is 3.90. The van der Waals surface area contributed by atoms with Crippen LogP contribution in [0.25, 0.3) is 0 Å². The van der Waals surface area contributed by atoms with Crippen LogP contribution in [0.3, 0.4) is 0 Å². The van der Waals surface area contributed by atoms with E-state index < -0.39 is 12.0 Å². The molecule has 0 fully saturated rings. The number of hydrogen-bond acceptors (Lipinski definition) is 4. The Balaban J connectivity index is 3.37. The number of halogens is 1. The van der Waals surface area contributed by atoms with Gasteiger partial charge in [0.2, 0.25) is 0 Å². The third-order valence-electron chi connectivity index (χ3n) is 3.21. The summed E-state index contributed by atoms with van der Waals surface area (Å²) in [6, 6.07) is 2.72. The highest BCUT2D eigenvalue weighted by Crippen LogP contribution is 2.37. The first kappa shape index (κ1) is 16.8. The summed E-state index contributed by atoms with van der Waals surface area (Å²) in [7, 11) is 3.08. The Morgan fingerprint density at radius 2 is 1.75 bits per heavy atom. The van der Waals surface area contributed by atoms with Gasteiger partial charge in [-0.2, -0.15) is 0 Å². The molecule has 0 heterocycles. The van der Waals surface area contributed by atoms with Crippen molar-refractivity contribution in [3.8, 4) is 11.5 Å². The summed E-state index contributed by atoms with van der Waals surface area (Å²) < 4.78 is 11.2. The van der Waals surface area contributed by atoms with Crippen molar-refractivity contribution in [1.82, 2.24) is 4.90 Å². The van der Waals surface area contributed by atoms with Crippen molar-refractivity contribution in [3.05, 3.63) is 22.2 Å². The van der Waals surface area contributed by atoms with Gasteiger partial charge in [-0.15, -0.1) is 0 Å². The fourth-order valence-electron chi connectivity index (χ4n) is 2.15. The average molecular weight is 346 g/mol. The number of methoxy groups -OCH3 is 2. The predicted octanol–water partition coefficient (Wildman–Crippen LogP) is 2.93. The zero-order chi connectivity index (χ0) is 15.3. The fourth-order valence-corrected chi connectivity index (χ4v) is 2.69. The summed E-state index contributed by atoms with van der Waals surface area (Å²) in [4.78, 5) is 13.5. The number of ether oxygens (including phenoxy) is 2. The minimum atomic E-state index is -0.887. The maximum absolute atomic E-state index is 11.6. The van der Waals surface area contributed by atoms with Gasteiger partial charge in [-0.3, -0.25) is 9.69 Å². The summed E-state index contributed by atoms with van der Waals surface area (Å²) in [5.74, 6) is 0.192. The molecule has 1 unspecified atom stereocenters. The topological polar surface area (TPSA) is 59.0 Å². The molecule has 1 atom stereocenters. The molecule has 1 N–H and O–H groups in total. The molecule has 1 rings (SSSR count). The normalized spacial score (nSPS) is 12.3. The minimum absolute atomic E-state index is 0.518. The molecule has 0 aliphatic heterocycles. The number of carboxylic acid groups (broad SMARTS) is 1. The van der Waals surface area contributed by atoms with Gasteiger partial charge in [-0.05, 0) is 30.8 Å². The van der Waals surface area contributed by atoms with E-state index in [9.17, 15) is 9.90 Å². The van der Waals surface area contributed by atoms with Gasteiger partial charge < -0.3 is 14.6 Å². The second-order valence-electron chi connectivity index (χ2n) is 4.19. The van der Waals surface area contributed by atoms with Crippen LogP contribution in [-0.4, -0.2) is 43.3 Å². The van der Waals surface area contributed by atoms with Crippen molar-refractivity contribution >= 4 is 21.9 Å². The molecule has 5 nitrogen and oxygen atoms in total. The maximum Gasteiger partial charge on any atom is 0.325 e. The van der Waals surface area contributed by atoms with E-state index in [1.807, 2.05) is 18.7 Å². The quantitative estimate of drug-likeness (QED) is 0.823. The number of benzene rings is 1. The Kier molecular flexibility index (Phi) is 6.29. The number of carboxylic acids is 1. The Bertz CT molecular complexity index is 474. The zero-order valence-corrected chi connectivity index (χ0v) is 13.7. The van der Waals surface area contributed by atoms with Crippen LogP contribution < -0.4 is 9.47 Å². The number of nitrogens with zero attached hydrogens (tertiary/aromatic N) is 1. The minimum Gasteiger partial charge on any atom is -0.493 e. The molecule has 0 aromatic heterocycles. The Hall–Kier alpha value is -1.27. The van der Waals surface area contributed by atoms with E-state index in [1.54, 1.807) is 19.2 Å².